The fraction of sp³-hybridized carbons (Fsp3) is 1.00. The smallest absolute Gasteiger partial charge is 0.195 e. The first kappa shape index (κ1) is 13.8. The van der Waals surface area contributed by atoms with Crippen LogP contribution in [0, 0.1) is 11.8 Å². The van der Waals surface area contributed by atoms with Gasteiger partial charge in [-0.25, -0.2) is 0 Å². The van der Waals surface area contributed by atoms with Gasteiger partial charge in [0.05, 0.1) is 0 Å². The minimum Gasteiger partial charge on any atom is -0.396 e. The number of aliphatic hydroxyl groups excluding tert-OH is 2. The molecule has 0 aromatic heterocycles. The van der Waals surface area contributed by atoms with Gasteiger partial charge < -0.3 is 24.4 Å². The second-order valence-corrected chi connectivity index (χ2v) is 6.25. The van der Waals surface area contributed by atoms with Gasteiger partial charge in [-0.2, -0.15) is 0 Å². The molecule has 5 nitrogen and oxygen atoms in total. The van der Waals surface area contributed by atoms with Gasteiger partial charge in [0.2, 0.25) is 0 Å². The van der Waals surface area contributed by atoms with Crippen LogP contribution in [0.1, 0.15) is 39.0 Å². The highest BCUT2D eigenvalue weighted by Crippen LogP contribution is 2.58. The standard InChI is InChI=1S/C14H24O5/c1-13-11(16)8-10-5-3-4-9(6-7-15)14(10,19-13)12(17-2)18-13/h9-12,15-16H,3-8H2,1-2H3/t9-,10+,11+,12-,13+,14-/m0/s1. The van der Waals surface area contributed by atoms with E-state index < -0.39 is 23.8 Å². The molecule has 3 rings (SSSR count). The summed E-state index contributed by atoms with van der Waals surface area (Å²) in [6, 6.07) is 0. The van der Waals surface area contributed by atoms with E-state index in [0.717, 1.165) is 19.3 Å². The maximum absolute atomic E-state index is 10.3. The zero-order valence-electron chi connectivity index (χ0n) is 11.7. The molecule has 2 heterocycles. The van der Waals surface area contributed by atoms with E-state index in [9.17, 15) is 10.2 Å². The van der Waals surface area contributed by atoms with Gasteiger partial charge in [-0.15, -0.1) is 0 Å². The van der Waals surface area contributed by atoms with E-state index in [1.807, 2.05) is 0 Å². The maximum Gasteiger partial charge on any atom is 0.195 e. The third-order valence-electron chi connectivity index (χ3n) is 5.27. The van der Waals surface area contributed by atoms with Crippen LogP contribution in [0.15, 0.2) is 0 Å². The van der Waals surface area contributed by atoms with Crippen LogP contribution in [0.3, 0.4) is 0 Å². The molecule has 1 spiro atoms. The Morgan fingerprint density at radius 2 is 2.16 bits per heavy atom. The topological polar surface area (TPSA) is 68.2 Å². The van der Waals surface area contributed by atoms with Crippen LogP contribution in [-0.2, 0) is 14.2 Å². The summed E-state index contributed by atoms with van der Waals surface area (Å²) in [6.45, 7) is 1.94. The molecule has 2 bridgehead atoms. The first-order valence-corrected chi connectivity index (χ1v) is 7.26. The molecular formula is C14H24O5. The van der Waals surface area contributed by atoms with Gasteiger partial charge in [0.25, 0.3) is 0 Å². The number of ether oxygens (including phenoxy) is 3. The molecule has 5 heteroatoms. The Balaban J connectivity index is 1.99. The summed E-state index contributed by atoms with van der Waals surface area (Å²) in [4.78, 5) is 0. The lowest BCUT2D eigenvalue weighted by Crippen LogP contribution is -2.60. The number of aliphatic hydroxyl groups is 2. The van der Waals surface area contributed by atoms with Gasteiger partial charge in [0.1, 0.15) is 11.7 Å². The molecule has 1 saturated carbocycles. The molecule has 3 fully saturated rings. The van der Waals surface area contributed by atoms with Crippen molar-refractivity contribution in [2.24, 2.45) is 11.8 Å². The van der Waals surface area contributed by atoms with E-state index in [-0.39, 0.29) is 18.4 Å². The normalized spacial score (nSPS) is 53.1. The largest absolute Gasteiger partial charge is 0.396 e. The quantitative estimate of drug-likeness (QED) is 0.803. The highest BCUT2D eigenvalue weighted by Gasteiger charge is 2.68. The van der Waals surface area contributed by atoms with E-state index in [0.29, 0.717) is 12.8 Å². The second kappa shape index (κ2) is 4.67. The highest BCUT2D eigenvalue weighted by molar-refractivity contribution is 5.10. The van der Waals surface area contributed by atoms with Crippen LogP contribution in [-0.4, -0.2) is 47.7 Å². The summed E-state index contributed by atoms with van der Waals surface area (Å²) in [7, 11) is 1.63. The van der Waals surface area contributed by atoms with Gasteiger partial charge in [0.15, 0.2) is 12.1 Å². The predicted octanol–water partition coefficient (Wildman–Crippen LogP) is 1.02. The zero-order valence-corrected chi connectivity index (χ0v) is 11.7. The van der Waals surface area contributed by atoms with Crippen molar-refractivity contribution in [2.75, 3.05) is 13.7 Å². The molecule has 2 N–H and O–H groups in total. The Labute approximate surface area is 113 Å². The first-order valence-electron chi connectivity index (χ1n) is 7.26. The number of methoxy groups -OCH3 is 1. The van der Waals surface area contributed by atoms with E-state index >= 15 is 0 Å². The molecule has 0 unspecified atom stereocenters. The van der Waals surface area contributed by atoms with Crippen molar-refractivity contribution in [3.8, 4) is 0 Å². The molecule has 1 aliphatic carbocycles. The lowest BCUT2D eigenvalue weighted by molar-refractivity contribution is -0.284. The number of fused-ring (bicyclic) bond motifs is 1. The Morgan fingerprint density at radius 1 is 1.37 bits per heavy atom. The molecule has 19 heavy (non-hydrogen) atoms. The Bertz CT molecular complexity index is 332. The molecule has 3 aliphatic rings. The van der Waals surface area contributed by atoms with Crippen molar-refractivity contribution in [3.63, 3.8) is 0 Å². The molecule has 0 radical (unpaired) electrons. The van der Waals surface area contributed by atoms with Gasteiger partial charge in [-0.05, 0) is 44.4 Å². The van der Waals surface area contributed by atoms with E-state index in [1.165, 1.54) is 0 Å². The third kappa shape index (κ3) is 1.79. The van der Waals surface area contributed by atoms with Crippen LogP contribution in [0.25, 0.3) is 0 Å². The lowest BCUT2D eigenvalue weighted by atomic mass is 9.64. The zero-order chi connectivity index (χ0) is 13.7. The van der Waals surface area contributed by atoms with Gasteiger partial charge in [-0.3, -0.25) is 0 Å². The van der Waals surface area contributed by atoms with Crippen molar-refractivity contribution in [3.05, 3.63) is 0 Å². The maximum atomic E-state index is 10.3. The van der Waals surface area contributed by atoms with Crippen molar-refractivity contribution in [2.45, 2.75) is 62.8 Å². The highest BCUT2D eigenvalue weighted by atomic mass is 16.8. The number of rotatable bonds is 3. The summed E-state index contributed by atoms with van der Waals surface area (Å²) < 4.78 is 17.7. The Hall–Kier alpha value is -0.200. The van der Waals surface area contributed by atoms with Gasteiger partial charge in [-0.1, -0.05) is 6.42 Å². The predicted molar refractivity (Wildman–Crippen MR) is 67.3 cm³/mol. The van der Waals surface area contributed by atoms with Crippen LogP contribution >= 0.6 is 0 Å². The summed E-state index contributed by atoms with van der Waals surface area (Å²) in [5.74, 6) is -0.494. The van der Waals surface area contributed by atoms with Crippen molar-refractivity contribution in [1.82, 2.24) is 0 Å². The third-order valence-corrected chi connectivity index (χ3v) is 5.27. The summed E-state index contributed by atoms with van der Waals surface area (Å²) >= 11 is 0. The van der Waals surface area contributed by atoms with Gasteiger partial charge in [0, 0.05) is 13.7 Å². The second-order valence-electron chi connectivity index (χ2n) is 6.25. The minimum atomic E-state index is -0.970. The van der Waals surface area contributed by atoms with E-state index in [2.05, 4.69) is 0 Å². The molecule has 0 amide bonds. The van der Waals surface area contributed by atoms with Crippen molar-refractivity contribution in [1.29, 1.82) is 0 Å². The lowest BCUT2D eigenvalue weighted by Gasteiger charge is -2.52. The summed E-state index contributed by atoms with van der Waals surface area (Å²) in [5, 5.41) is 19.6. The molecule has 2 aliphatic heterocycles. The van der Waals surface area contributed by atoms with E-state index in [1.54, 1.807) is 14.0 Å². The summed E-state index contributed by atoms with van der Waals surface area (Å²) in [5.41, 5.74) is -0.496. The van der Waals surface area contributed by atoms with E-state index in [4.69, 9.17) is 14.2 Å². The molecule has 2 saturated heterocycles. The molecule has 110 valence electrons. The monoisotopic (exact) mass is 272 g/mol. The fourth-order valence-corrected chi connectivity index (χ4v) is 4.36. The van der Waals surface area contributed by atoms with Gasteiger partial charge >= 0.3 is 0 Å². The molecule has 0 aromatic rings. The molecule has 0 aromatic carbocycles. The molecular weight excluding hydrogens is 248 g/mol. The number of hydrogen-bond donors (Lipinski definition) is 2. The SMILES string of the molecule is CO[C@H]1O[C@]2(C)O[C@]13[C@H](CCO)CCC[C@@H]3C[C@H]2O. The van der Waals surface area contributed by atoms with Crippen molar-refractivity contribution >= 4 is 0 Å². The average molecular weight is 272 g/mol. The van der Waals surface area contributed by atoms with Crippen LogP contribution in [0.2, 0.25) is 0 Å². The van der Waals surface area contributed by atoms with Crippen LogP contribution < -0.4 is 0 Å². The van der Waals surface area contributed by atoms with Crippen LogP contribution in [0.4, 0.5) is 0 Å². The fourth-order valence-electron chi connectivity index (χ4n) is 4.36. The Kier molecular flexibility index (Phi) is 3.38. The first-order chi connectivity index (χ1) is 9.06. The average Bonchev–Trinajstić information content (AvgIpc) is 2.65. The number of hydrogen-bond acceptors (Lipinski definition) is 5. The van der Waals surface area contributed by atoms with Crippen LogP contribution in [0.5, 0.6) is 0 Å². The summed E-state index contributed by atoms with van der Waals surface area (Å²) in [6.07, 6.45) is 3.49. The van der Waals surface area contributed by atoms with Crippen molar-refractivity contribution < 1.29 is 24.4 Å². The Morgan fingerprint density at radius 3 is 2.84 bits per heavy atom. The minimum absolute atomic E-state index is 0.151. The molecule has 6 atom stereocenters.